The number of ketones is 1. The van der Waals surface area contributed by atoms with E-state index in [-0.39, 0.29) is 4.75 Å². The van der Waals surface area contributed by atoms with E-state index < -0.39 is 0 Å². The summed E-state index contributed by atoms with van der Waals surface area (Å²) in [5, 5.41) is 0. The van der Waals surface area contributed by atoms with Crippen molar-refractivity contribution in [3.8, 4) is 0 Å². The molecule has 15 heavy (non-hydrogen) atoms. The minimum Gasteiger partial charge on any atom is -0.381 e. The topological polar surface area (TPSA) is 26.3 Å². The minimum absolute atomic E-state index is 0.206. The van der Waals surface area contributed by atoms with Crippen molar-refractivity contribution >= 4 is 17.5 Å². The van der Waals surface area contributed by atoms with Crippen molar-refractivity contribution in [1.82, 2.24) is 0 Å². The van der Waals surface area contributed by atoms with Crippen LogP contribution in [-0.4, -0.2) is 23.7 Å². The lowest BCUT2D eigenvalue weighted by Crippen LogP contribution is -2.37. The van der Waals surface area contributed by atoms with E-state index in [2.05, 4.69) is 0 Å². The van der Waals surface area contributed by atoms with Crippen LogP contribution in [0.15, 0.2) is 29.2 Å². The molecule has 0 radical (unpaired) electrons. The molecule has 0 atom stereocenters. The quantitative estimate of drug-likeness (QED) is 0.672. The molecule has 0 saturated carbocycles. The molecule has 0 amide bonds. The molecular formula is C12H12O2S. The molecule has 2 heterocycles. The van der Waals surface area contributed by atoms with Crippen molar-refractivity contribution in [2.45, 2.75) is 22.5 Å². The molecular weight excluding hydrogens is 208 g/mol. The lowest BCUT2D eigenvalue weighted by atomic mass is 9.90. The molecule has 3 rings (SSSR count). The lowest BCUT2D eigenvalue weighted by Gasteiger charge is -2.30. The monoisotopic (exact) mass is 220 g/mol. The van der Waals surface area contributed by atoms with Gasteiger partial charge in [-0.25, -0.2) is 0 Å². The SMILES string of the molecule is O=C1c2ccccc2SC12CCOCC2. The second kappa shape index (κ2) is 3.35. The molecule has 0 bridgehead atoms. The largest absolute Gasteiger partial charge is 0.381 e. The molecule has 1 aromatic carbocycles. The van der Waals surface area contributed by atoms with Gasteiger partial charge in [-0.1, -0.05) is 18.2 Å². The number of carbonyl (C=O) groups excluding carboxylic acids is 1. The van der Waals surface area contributed by atoms with Crippen molar-refractivity contribution in [2.75, 3.05) is 13.2 Å². The summed E-state index contributed by atoms with van der Waals surface area (Å²) in [7, 11) is 0. The van der Waals surface area contributed by atoms with E-state index >= 15 is 0 Å². The Hall–Kier alpha value is -0.800. The average Bonchev–Trinajstić information content (AvgIpc) is 2.54. The number of ether oxygens (including phenoxy) is 1. The van der Waals surface area contributed by atoms with Crippen LogP contribution in [0.2, 0.25) is 0 Å². The first kappa shape index (κ1) is 9.43. The number of hydrogen-bond donors (Lipinski definition) is 0. The fraction of sp³-hybridized carbons (Fsp3) is 0.417. The van der Waals surface area contributed by atoms with Crippen LogP contribution in [-0.2, 0) is 4.74 Å². The van der Waals surface area contributed by atoms with E-state index in [1.165, 1.54) is 0 Å². The Morgan fingerprint density at radius 2 is 1.93 bits per heavy atom. The number of benzene rings is 1. The molecule has 1 fully saturated rings. The minimum atomic E-state index is -0.206. The Labute approximate surface area is 93.0 Å². The van der Waals surface area contributed by atoms with Crippen molar-refractivity contribution in [3.63, 3.8) is 0 Å². The molecule has 0 aromatic heterocycles. The smallest absolute Gasteiger partial charge is 0.180 e. The van der Waals surface area contributed by atoms with Gasteiger partial charge in [-0.3, -0.25) is 4.79 Å². The first-order chi connectivity index (χ1) is 7.32. The van der Waals surface area contributed by atoms with Gasteiger partial charge in [-0.05, 0) is 18.9 Å². The van der Waals surface area contributed by atoms with Crippen LogP contribution in [0, 0.1) is 0 Å². The fourth-order valence-electron chi connectivity index (χ4n) is 2.28. The molecule has 2 nitrogen and oxygen atoms in total. The van der Waals surface area contributed by atoms with Crippen LogP contribution in [0.3, 0.4) is 0 Å². The fourth-order valence-corrected chi connectivity index (χ4v) is 3.69. The number of carbonyl (C=O) groups is 1. The van der Waals surface area contributed by atoms with Crippen LogP contribution in [0.1, 0.15) is 23.2 Å². The van der Waals surface area contributed by atoms with Gasteiger partial charge in [0.25, 0.3) is 0 Å². The predicted molar refractivity (Wildman–Crippen MR) is 59.4 cm³/mol. The van der Waals surface area contributed by atoms with Crippen LogP contribution >= 0.6 is 11.8 Å². The highest BCUT2D eigenvalue weighted by molar-refractivity contribution is 8.02. The molecule has 1 saturated heterocycles. The van der Waals surface area contributed by atoms with E-state index in [1.54, 1.807) is 11.8 Å². The highest BCUT2D eigenvalue weighted by Crippen LogP contribution is 2.49. The zero-order chi connectivity index (χ0) is 10.3. The van der Waals surface area contributed by atoms with E-state index in [1.807, 2.05) is 24.3 Å². The summed E-state index contributed by atoms with van der Waals surface area (Å²) in [5.74, 6) is 0.311. The van der Waals surface area contributed by atoms with Crippen molar-refractivity contribution in [1.29, 1.82) is 0 Å². The molecule has 2 aliphatic rings. The lowest BCUT2D eigenvalue weighted by molar-refractivity contribution is 0.0633. The molecule has 0 aliphatic carbocycles. The molecule has 0 N–H and O–H groups in total. The molecule has 1 aromatic rings. The second-order valence-electron chi connectivity index (χ2n) is 4.03. The van der Waals surface area contributed by atoms with Gasteiger partial charge < -0.3 is 4.74 Å². The van der Waals surface area contributed by atoms with Gasteiger partial charge in [0.1, 0.15) is 0 Å². The maximum absolute atomic E-state index is 12.3. The van der Waals surface area contributed by atoms with E-state index in [9.17, 15) is 4.79 Å². The van der Waals surface area contributed by atoms with Gasteiger partial charge in [-0.15, -0.1) is 11.8 Å². The highest BCUT2D eigenvalue weighted by atomic mass is 32.2. The summed E-state index contributed by atoms with van der Waals surface area (Å²) >= 11 is 1.74. The van der Waals surface area contributed by atoms with Crippen LogP contribution < -0.4 is 0 Å². The summed E-state index contributed by atoms with van der Waals surface area (Å²) in [5.41, 5.74) is 0.907. The third kappa shape index (κ3) is 1.34. The molecule has 3 heteroatoms. The zero-order valence-corrected chi connectivity index (χ0v) is 9.18. The third-order valence-corrected chi connectivity index (χ3v) is 4.71. The van der Waals surface area contributed by atoms with Crippen molar-refractivity contribution in [3.05, 3.63) is 29.8 Å². The Bertz CT molecular complexity index is 408. The second-order valence-corrected chi connectivity index (χ2v) is 5.46. The van der Waals surface area contributed by atoms with Gasteiger partial charge >= 0.3 is 0 Å². The Morgan fingerprint density at radius 3 is 2.67 bits per heavy atom. The molecule has 2 aliphatic heterocycles. The Morgan fingerprint density at radius 1 is 1.20 bits per heavy atom. The number of rotatable bonds is 0. The number of Topliss-reactive ketones (excluding diaryl/α,β-unsaturated/α-hetero) is 1. The van der Waals surface area contributed by atoms with Crippen LogP contribution in [0.25, 0.3) is 0 Å². The first-order valence-corrected chi connectivity index (χ1v) is 6.04. The third-order valence-electron chi connectivity index (χ3n) is 3.15. The van der Waals surface area contributed by atoms with Gasteiger partial charge in [-0.2, -0.15) is 0 Å². The van der Waals surface area contributed by atoms with Crippen molar-refractivity contribution < 1.29 is 9.53 Å². The molecule has 0 unspecified atom stereocenters. The molecule has 1 spiro atoms. The first-order valence-electron chi connectivity index (χ1n) is 5.22. The number of hydrogen-bond acceptors (Lipinski definition) is 3. The number of fused-ring (bicyclic) bond motifs is 1. The average molecular weight is 220 g/mol. The summed E-state index contributed by atoms with van der Waals surface area (Å²) in [6.07, 6.45) is 1.70. The van der Waals surface area contributed by atoms with Crippen LogP contribution in [0.5, 0.6) is 0 Å². The maximum atomic E-state index is 12.3. The summed E-state index contributed by atoms with van der Waals surface area (Å²) in [6, 6.07) is 7.92. The highest BCUT2D eigenvalue weighted by Gasteiger charge is 2.46. The van der Waals surface area contributed by atoms with Gasteiger partial charge in [0.2, 0.25) is 0 Å². The maximum Gasteiger partial charge on any atom is 0.180 e. The predicted octanol–water partition coefficient (Wildman–Crippen LogP) is 2.52. The van der Waals surface area contributed by atoms with E-state index in [0.29, 0.717) is 19.0 Å². The van der Waals surface area contributed by atoms with E-state index in [4.69, 9.17) is 4.74 Å². The standard InChI is InChI=1S/C12H12O2S/c13-11-9-3-1-2-4-10(9)15-12(11)5-7-14-8-6-12/h1-4H,5-8H2. The Balaban J connectivity index is 2.01. The molecule has 78 valence electrons. The summed E-state index contributed by atoms with van der Waals surface area (Å²) < 4.78 is 5.13. The van der Waals surface area contributed by atoms with Crippen molar-refractivity contribution in [2.24, 2.45) is 0 Å². The summed E-state index contributed by atoms with van der Waals surface area (Å²) in [4.78, 5) is 13.4. The number of thioether (sulfide) groups is 1. The van der Waals surface area contributed by atoms with Crippen LogP contribution in [0.4, 0.5) is 0 Å². The normalized spacial score (nSPS) is 23.1. The van der Waals surface area contributed by atoms with Gasteiger partial charge in [0, 0.05) is 23.7 Å². The summed E-state index contributed by atoms with van der Waals surface area (Å²) in [6.45, 7) is 1.43. The van der Waals surface area contributed by atoms with E-state index in [0.717, 1.165) is 23.3 Å². The Kier molecular flexibility index (Phi) is 2.11. The zero-order valence-electron chi connectivity index (χ0n) is 8.36. The van der Waals surface area contributed by atoms with Gasteiger partial charge in [0.15, 0.2) is 5.78 Å². The van der Waals surface area contributed by atoms with Gasteiger partial charge in [0.05, 0.1) is 4.75 Å².